The van der Waals surface area contributed by atoms with E-state index in [1.807, 2.05) is 4.90 Å². The fourth-order valence-electron chi connectivity index (χ4n) is 3.32. The van der Waals surface area contributed by atoms with Crippen molar-refractivity contribution in [2.24, 2.45) is 0 Å². The molecule has 1 amide bonds. The fraction of sp³-hybridized carbons (Fsp3) is 0.632. The summed E-state index contributed by atoms with van der Waals surface area (Å²) in [5, 5.41) is 31.5. The molecule has 2 unspecified atom stereocenters. The number of carbonyl (C=O) groups excluding carboxylic acids is 1. The third-order valence-corrected chi connectivity index (χ3v) is 4.78. The molecule has 0 bridgehead atoms. The van der Waals surface area contributed by atoms with Crippen molar-refractivity contribution in [2.75, 3.05) is 32.8 Å². The first-order valence-electron chi connectivity index (χ1n) is 9.28. The van der Waals surface area contributed by atoms with Gasteiger partial charge in [0, 0.05) is 37.8 Å². The molecule has 1 aliphatic heterocycles. The number of amides is 1. The molecule has 0 radical (unpaired) electrons. The van der Waals surface area contributed by atoms with Gasteiger partial charge < -0.3 is 19.8 Å². The number of hydrogen-bond acceptors (Lipinski definition) is 7. The van der Waals surface area contributed by atoms with Gasteiger partial charge in [-0.05, 0) is 33.3 Å². The van der Waals surface area contributed by atoms with Crippen molar-refractivity contribution in [3.8, 4) is 0 Å². The van der Waals surface area contributed by atoms with Crippen LogP contribution in [0.5, 0.6) is 0 Å². The fourth-order valence-corrected chi connectivity index (χ4v) is 3.32. The van der Waals surface area contributed by atoms with Crippen LogP contribution in [0, 0.1) is 17.0 Å². The lowest BCUT2D eigenvalue weighted by molar-refractivity contribution is -0.385. The summed E-state index contributed by atoms with van der Waals surface area (Å²) in [7, 11) is 0. The molecule has 1 aliphatic rings. The molecule has 9 heteroatoms. The highest BCUT2D eigenvalue weighted by Crippen LogP contribution is 2.27. The lowest BCUT2D eigenvalue weighted by Gasteiger charge is -2.41. The molecule has 2 N–H and O–H groups in total. The third kappa shape index (κ3) is 5.40. The molecule has 0 spiro atoms. The van der Waals surface area contributed by atoms with E-state index in [1.54, 1.807) is 44.7 Å². The summed E-state index contributed by atoms with van der Waals surface area (Å²) in [6.07, 6.45) is -1.37. The molecule has 1 aromatic carbocycles. The number of β-amino-alcohol motifs (C(OH)–C–C–N with tert-alkyl or cyclic N) is 1. The Labute approximate surface area is 164 Å². The minimum atomic E-state index is -0.943. The summed E-state index contributed by atoms with van der Waals surface area (Å²) in [6, 6.07) is 4.27. The number of hydrogen-bond donors (Lipinski definition) is 2. The number of carbonyl (C=O) groups is 1. The predicted octanol–water partition coefficient (Wildman–Crippen LogP) is 1.85. The highest BCUT2D eigenvalue weighted by molar-refractivity contribution is 5.68. The smallest absolute Gasteiger partial charge is 0.410 e. The van der Waals surface area contributed by atoms with Crippen LogP contribution in [0.3, 0.4) is 0 Å². The molecule has 2 rings (SSSR count). The van der Waals surface area contributed by atoms with E-state index in [0.29, 0.717) is 24.2 Å². The van der Waals surface area contributed by atoms with E-state index in [4.69, 9.17) is 4.74 Å². The van der Waals surface area contributed by atoms with Crippen LogP contribution in [0.25, 0.3) is 0 Å². The first-order valence-corrected chi connectivity index (χ1v) is 9.28. The molecule has 2 atom stereocenters. The van der Waals surface area contributed by atoms with E-state index in [-0.39, 0.29) is 31.4 Å². The second-order valence-corrected chi connectivity index (χ2v) is 8.02. The van der Waals surface area contributed by atoms with Gasteiger partial charge in [0.25, 0.3) is 5.69 Å². The topological polar surface area (TPSA) is 116 Å². The van der Waals surface area contributed by atoms with Crippen molar-refractivity contribution in [3.63, 3.8) is 0 Å². The molecular weight excluding hydrogens is 366 g/mol. The standard InChI is InChI=1S/C19H29N3O6/c1-13-15(6-5-7-16(13)22(26)27)17(24)11-20-8-9-21(10-14(20)12-23)18(25)28-19(2,3)4/h5-7,14,17,23-24H,8-12H2,1-4H3. The third-order valence-electron chi connectivity index (χ3n) is 4.78. The first kappa shape index (κ1) is 22.1. The predicted molar refractivity (Wildman–Crippen MR) is 103 cm³/mol. The van der Waals surface area contributed by atoms with Gasteiger partial charge in [-0.25, -0.2) is 4.79 Å². The highest BCUT2D eigenvalue weighted by Gasteiger charge is 2.33. The van der Waals surface area contributed by atoms with Crippen LogP contribution >= 0.6 is 0 Å². The quantitative estimate of drug-likeness (QED) is 0.577. The van der Waals surface area contributed by atoms with Gasteiger partial charge in [-0.2, -0.15) is 0 Å². The first-order chi connectivity index (χ1) is 13.0. The van der Waals surface area contributed by atoms with E-state index in [0.717, 1.165) is 0 Å². The molecule has 0 aliphatic carbocycles. The summed E-state index contributed by atoms with van der Waals surface area (Å²) in [6.45, 7) is 8.16. The average molecular weight is 395 g/mol. The van der Waals surface area contributed by atoms with E-state index < -0.39 is 22.7 Å². The van der Waals surface area contributed by atoms with Gasteiger partial charge in [0.05, 0.1) is 23.7 Å². The van der Waals surface area contributed by atoms with Crippen molar-refractivity contribution >= 4 is 11.8 Å². The minimum absolute atomic E-state index is 0.0370. The monoisotopic (exact) mass is 395 g/mol. The lowest BCUT2D eigenvalue weighted by Crippen LogP contribution is -2.57. The van der Waals surface area contributed by atoms with E-state index in [2.05, 4.69) is 0 Å². The van der Waals surface area contributed by atoms with Crippen LogP contribution < -0.4 is 0 Å². The zero-order valence-corrected chi connectivity index (χ0v) is 16.8. The Morgan fingerprint density at radius 1 is 1.39 bits per heavy atom. The number of rotatable bonds is 5. The molecule has 28 heavy (non-hydrogen) atoms. The van der Waals surface area contributed by atoms with Crippen LogP contribution in [0.1, 0.15) is 38.0 Å². The maximum absolute atomic E-state index is 12.3. The Morgan fingerprint density at radius 3 is 2.64 bits per heavy atom. The number of benzene rings is 1. The van der Waals surface area contributed by atoms with Crippen molar-refractivity contribution in [1.29, 1.82) is 0 Å². The molecule has 0 saturated carbocycles. The zero-order valence-electron chi connectivity index (χ0n) is 16.8. The average Bonchev–Trinajstić information content (AvgIpc) is 2.60. The normalized spacial score (nSPS) is 19.4. The summed E-state index contributed by atoms with van der Waals surface area (Å²) < 4.78 is 5.38. The number of aliphatic hydroxyl groups is 2. The van der Waals surface area contributed by atoms with E-state index >= 15 is 0 Å². The molecule has 1 saturated heterocycles. The van der Waals surface area contributed by atoms with Gasteiger partial charge in [0.2, 0.25) is 0 Å². The number of aliphatic hydroxyl groups excluding tert-OH is 2. The molecule has 0 aromatic heterocycles. The van der Waals surface area contributed by atoms with Gasteiger partial charge in [0.1, 0.15) is 5.60 Å². The molecule has 9 nitrogen and oxygen atoms in total. The molecule has 1 heterocycles. The van der Waals surface area contributed by atoms with E-state index in [9.17, 15) is 25.1 Å². The largest absolute Gasteiger partial charge is 0.444 e. The number of nitro benzene ring substituents is 1. The van der Waals surface area contributed by atoms with Gasteiger partial charge in [0.15, 0.2) is 0 Å². The van der Waals surface area contributed by atoms with Crippen LogP contribution in [-0.4, -0.2) is 75.5 Å². The Hall–Kier alpha value is -2.23. The van der Waals surface area contributed by atoms with E-state index in [1.165, 1.54) is 6.07 Å². The van der Waals surface area contributed by atoms with Gasteiger partial charge in [-0.1, -0.05) is 12.1 Å². The van der Waals surface area contributed by atoms with Crippen molar-refractivity contribution < 1.29 is 24.7 Å². The Morgan fingerprint density at radius 2 is 2.07 bits per heavy atom. The molecule has 1 aromatic rings. The summed E-state index contributed by atoms with van der Waals surface area (Å²) in [4.78, 5) is 26.3. The van der Waals surface area contributed by atoms with Crippen LogP contribution in [0.4, 0.5) is 10.5 Å². The van der Waals surface area contributed by atoms with Crippen molar-refractivity contribution in [1.82, 2.24) is 9.80 Å². The summed E-state index contributed by atoms with van der Waals surface area (Å²) in [5.41, 5.74) is 0.275. The molecular formula is C19H29N3O6. The number of piperazine rings is 1. The number of ether oxygens (including phenoxy) is 1. The minimum Gasteiger partial charge on any atom is -0.444 e. The van der Waals surface area contributed by atoms with Crippen LogP contribution in [0.2, 0.25) is 0 Å². The second-order valence-electron chi connectivity index (χ2n) is 8.02. The van der Waals surface area contributed by atoms with Crippen molar-refractivity contribution in [2.45, 2.75) is 45.4 Å². The van der Waals surface area contributed by atoms with Gasteiger partial charge in [-0.3, -0.25) is 15.0 Å². The van der Waals surface area contributed by atoms with Gasteiger partial charge in [-0.15, -0.1) is 0 Å². The Balaban J connectivity index is 2.06. The van der Waals surface area contributed by atoms with Crippen LogP contribution in [-0.2, 0) is 4.74 Å². The maximum Gasteiger partial charge on any atom is 0.410 e. The second kappa shape index (κ2) is 8.85. The van der Waals surface area contributed by atoms with Gasteiger partial charge >= 0.3 is 6.09 Å². The zero-order chi connectivity index (χ0) is 21.1. The Bertz CT molecular complexity index is 718. The number of nitrogens with zero attached hydrogens (tertiary/aromatic N) is 3. The summed E-state index contributed by atoms with van der Waals surface area (Å²) in [5.74, 6) is 0. The highest BCUT2D eigenvalue weighted by atomic mass is 16.6. The number of nitro groups is 1. The molecule has 1 fully saturated rings. The lowest BCUT2D eigenvalue weighted by atomic mass is 10.0. The van der Waals surface area contributed by atoms with Crippen LogP contribution in [0.15, 0.2) is 18.2 Å². The SMILES string of the molecule is Cc1c(C(O)CN2CCN(C(=O)OC(C)(C)C)CC2CO)cccc1[N+](=O)[O-]. The molecule has 156 valence electrons. The van der Waals surface area contributed by atoms with Crippen molar-refractivity contribution in [3.05, 3.63) is 39.4 Å². The Kier molecular flexibility index (Phi) is 6.97. The summed E-state index contributed by atoms with van der Waals surface area (Å²) >= 11 is 0. The maximum atomic E-state index is 12.3.